The lowest BCUT2D eigenvalue weighted by molar-refractivity contribution is 0.383. The molecular formula is C113H126N12O2. The average Bonchev–Trinajstić information content (AvgIpc) is 1.59. The Labute approximate surface area is 753 Å². The molecule has 0 fully saturated rings. The van der Waals surface area contributed by atoms with Crippen LogP contribution >= 0.6 is 0 Å². The van der Waals surface area contributed by atoms with Gasteiger partial charge in [0.15, 0.2) is 11.2 Å². The maximum absolute atomic E-state index is 6.40. The second kappa shape index (κ2) is 38.5. The van der Waals surface area contributed by atoms with Crippen LogP contribution in [-0.2, 0) is 0 Å². The Morgan fingerprint density at radius 1 is 0.260 bits per heavy atom. The Bertz CT molecular complexity index is 6460. The van der Waals surface area contributed by atoms with Gasteiger partial charge in [-0.3, -0.25) is 0 Å². The summed E-state index contributed by atoms with van der Waals surface area (Å²) in [6.45, 7) is 42.3. The van der Waals surface area contributed by atoms with E-state index in [1.54, 1.807) is 0 Å². The topological polar surface area (TPSA) is 76.5 Å². The van der Waals surface area contributed by atoms with Crippen molar-refractivity contribution in [3.8, 4) is 5.69 Å². The van der Waals surface area contributed by atoms with Gasteiger partial charge in [-0.2, -0.15) is 5.10 Å². The molecule has 5 aliphatic heterocycles. The number of nitrogens with zero attached hydrogens (tertiary/aromatic N) is 12. The summed E-state index contributed by atoms with van der Waals surface area (Å²) in [6.07, 6.45) is 25.0. The molecule has 15 aromatic rings. The van der Waals surface area contributed by atoms with Crippen LogP contribution in [0.5, 0.6) is 0 Å². The highest BCUT2D eigenvalue weighted by atomic mass is 16.3. The Morgan fingerprint density at radius 2 is 0.575 bits per heavy atom. The fourth-order valence-electron chi connectivity index (χ4n) is 18.1. The summed E-state index contributed by atoms with van der Waals surface area (Å²) < 4.78 is 14.6. The lowest BCUT2D eigenvalue weighted by Gasteiger charge is -2.34. The molecule has 0 spiro atoms. The minimum atomic E-state index is 0.143. The smallest absolute Gasteiger partial charge is 0.159 e. The number of furan rings is 2. The van der Waals surface area contributed by atoms with Crippen molar-refractivity contribution in [1.29, 1.82) is 0 Å². The number of aryl methyl sites for hydroxylation is 6. The first-order valence-corrected chi connectivity index (χ1v) is 45.2. The zero-order chi connectivity index (χ0) is 89.6. The number of hydrogen-bond donors (Lipinski definition) is 0. The second-order valence-electron chi connectivity index (χ2n) is 35.4. The third kappa shape index (κ3) is 18.1. The molecule has 127 heavy (non-hydrogen) atoms. The SMILES string of the molecule is Cc1ccc2c(oc3ccccc32)c1N1C=CN(C)C1C.Cc1ccc2c(oc3ccccc32)c1N1C=CN(c2c(C(C)C)cccc2C(C)C)C1C.Cc1ccccc1-n1ncc2ccccc21.Cc1ccccc1N1C=CN(C)C1C.Cc1ccccc1N1C=CN(c2c(C(C)C)cccc2C(C)C)C1C.Cc1ccccc1N1C=CN(c2ccccc2)C1C. The lowest BCUT2D eigenvalue weighted by Crippen LogP contribution is -2.37. The van der Waals surface area contributed by atoms with Crippen LogP contribution in [-0.4, -0.2) is 64.5 Å². The van der Waals surface area contributed by atoms with Crippen LogP contribution in [0.1, 0.15) is 169 Å². The van der Waals surface area contributed by atoms with Gasteiger partial charge >= 0.3 is 0 Å². The minimum Gasteiger partial charge on any atom is -0.454 e. The first-order chi connectivity index (χ1) is 61.3. The molecule has 0 aliphatic carbocycles. The quantitative estimate of drug-likeness (QED) is 0.110. The van der Waals surface area contributed by atoms with E-state index in [2.05, 4.69) is 474 Å². The van der Waals surface area contributed by atoms with Crippen molar-refractivity contribution in [2.75, 3.05) is 53.3 Å². The third-order valence-electron chi connectivity index (χ3n) is 25.7. The number of para-hydroxylation sites is 10. The number of fused-ring (bicyclic) bond motifs is 7. The van der Waals surface area contributed by atoms with Gasteiger partial charge in [-0.15, -0.1) is 0 Å². The zero-order valence-corrected chi connectivity index (χ0v) is 78.1. The summed E-state index contributed by atoms with van der Waals surface area (Å²) in [5.41, 5.74) is 29.5. The van der Waals surface area contributed by atoms with E-state index < -0.39 is 0 Å². The highest BCUT2D eigenvalue weighted by Gasteiger charge is 2.34. The van der Waals surface area contributed by atoms with Crippen molar-refractivity contribution in [2.24, 2.45) is 0 Å². The normalized spacial score (nSPS) is 16.9. The van der Waals surface area contributed by atoms with E-state index in [4.69, 9.17) is 8.83 Å². The second-order valence-corrected chi connectivity index (χ2v) is 35.4. The number of hydrogen-bond acceptors (Lipinski definition) is 13. The van der Waals surface area contributed by atoms with Crippen LogP contribution in [0.15, 0.2) is 338 Å². The monoisotopic (exact) mass is 1680 g/mol. The Morgan fingerprint density at radius 3 is 0.984 bits per heavy atom. The standard InChI is InChI=1S/C29H32N2O.C23H30N2.C18H18N2O.C17H18N2.C14H12N2.C12H16N2/c1-18(2)22-11-9-12-23(19(3)4)28(22)31-17-16-30(21(31)6)27-20(5)14-15-25-24-10-7-8-13-26(24)32-29(25)27;1-16(2)20-11-9-12-21(17(3)4)23(20)25-15-14-24(19(25)6)22-13-8-7-10-18(22)5;1-12-8-9-15-14-6-4-5-7-16(14)21-18(15)17(12)20-11-10-19(3)13(20)2;1-14-8-6-7-11-17(14)19-13-12-18(15(19)2)16-9-4-3-5-10-16;1-11-6-2-4-8-13(11)16-14-9-5-3-7-12(14)10-15-16;1-10-6-4-5-7-12(10)14-9-8-13(3)11(14)2/h7-19,21H,1-6H3;7-17,19H,1-6H3;4-11,13H,1-3H3;3-13,15H,1-2H3;2-10H,1H3;4-9,11H,1-3H3. The van der Waals surface area contributed by atoms with Crippen molar-refractivity contribution in [1.82, 2.24) is 19.6 Å². The van der Waals surface area contributed by atoms with E-state index >= 15 is 0 Å². The van der Waals surface area contributed by atoms with Crippen molar-refractivity contribution in [2.45, 2.75) is 186 Å². The molecule has 20 rings (SSSR count). The zero-order valence-electron chi connectivity index (χ0n) is 78.1. The van der Waals surface area contributed by atoms with Crippen LogP contribution in [0.2, 0.25) is 0 Å². The molecule has 5 aliphatic rings. The van der Waals surface area contributed by atoms with Gasteiger partial charge in [0.05, 0.1) is 28.8 Å². The van der Waals surface area contributed by atoms with E-state index in [0.29, 0.717) is 42.2 Å². The lowest BCUT2D eigenvalue weighted by atomic mass is 9.92. The molecule has 0 saturated carbocycles. The molecular weight excluding hydrogens is 1560 g/mol. The van der Waals surface area contributed by atoms with Crippen molar-refractivity contribution < 1.29 is 8.83 Å². The average molecular weight is 1680 g/mol. The number of aromatic nitrogens is 2. The molecule has 5 unspecified atom stereocenters. The predicted molar refractivity (Wildman–Crippen MR) is 540 cm³/mol. The summed E-state index contributed by atoms with van der Waals surface area (Å²) in [7, 11) is 4.19. The minimum absolute atomic E-state index is 0.143. The van der Waals surface area contributed by atoms with Crippen molar-refractivity contribution in [3.05, 3.63) is 385 Å². The number of rotatable bonds is 13. The fraction of sp³-hybridized carbons (Fsp3) is 0.265. The van der Waals surface area contributed by atoms with Gasteiger partial charge in [-0.25, -0.2) is 4.68 Å². The van der Waals surface area contributed by atoms with Crippen LogP contribution in [0.4, 0.5) is 45.5 Å². The largest absolute Gasteiger partial charge is 0.454 e. The van der Waals surface area contributed by atoms with Crippen molar-refractivity contribution >= 4 is 100 Å². The van der Waals surface area contributed by atoms with Gasteiger partial charge < -0.3 is 57.8 Å². The third-order valence-corrected chi connectivity index (χ3v) is 25.7. The first kappa shape index (κ1) is 88.3. The van der Waals surface area contributed by atoms with Crippen LogP contribution in [0.25, 0.3) is 60.5 Å². The molecule has 0 bridgehead atoms. The molecule has 8 heterocycles. The van der Waals surface area contributed by atoms with Gasteiger partial charge in [0.1, 0.15) is 42.0 Å². The van der Waals surface area contributed by atoms with Gasteiger partial charge in [-0.1, -0.05) is 262 Å². The van der Waals surface area contributed by atoms with E-state index in [0.717, 1.165) is 44.9 Å². The van der Waals surface area contributed by atoms with Gasteiger partial charge in [0, 0.05) is 137 Å². The van der Waals surface area contributed by atoms with E-state index in [9.17, 15) is 0 Å². The highest BCUT2D eigenvalue weighted by molar-refractivity contribution is 6.11. The van der Waals surface area contributed by atoms with E-state index in [1.165, 1.54) is 117 Å². The van der Waals surface area contributed by atoms with Gasteiger partial charge in [-0.05, 0) is 210 Å². The van der Waals surface area contributed by atoms with Crippen LogP contribution in [0.3, 0.4) is 0 Å². The molecule has 5 atom stereocenters. The molecule has 14 heteroatoms. The van der Waals surface area contributed by atoms with Gasteiger partial charge in [0.2, 0.25) is 0 Å². The Balaban J connectivity index is 0.000000120. The molecule has 12 aromatic carbocycles. The Kier molecular flexibility index (Phi) is 26.8. The number of anilines is 8. The summed E-state index contributed by atoms with van der Waals surface area (Å²) in [4.78, 5) is 23.2. The maximum Gasteiger partial charge on any atom is 0.159 e. The molecule has 0 radical (unpaired) electrons. The van der Waals surface area contributed by atoms with Crippen LogP contribution < -0.4 is 39.2 Å². The molecule has 0 N–H and O–H groups in total. The summed E-state index contributed by atoms with van der Waals surface area (Å²) in [6, 6.07) is 91.4. The predicted octanol–water partition coefficient (Wildman–Crippen LogP) is 29.2. The van der Waals surface area contributed by atoms with Crippen LogP contribution in [0, 0.1) is 41.5 Å². The summed E-state index contributed by atoms with van der Waals surface area (Å²) >= 11 is 0. The molecule has 0 saturated heterocycles. The maximum atomic E-state index is 6.40. The highest BCUT2D eigenvalue weighted by Crippen LogP contribution is 2.46. The molecule has 14 nitrogen and oxygen atoms in total. The van der Waals surface area contributed by atoms with E-state index in [-0.39, 0.29) is 12.3 Å². The van der Waals surface area contributed by atoms with E-state index in [1.807, 2.05) is 59.4 Å². The first-order valence-electron chi connectivity index (χ1n) is 45.2. The molecule has 650 valence electrons. The van der Waals surface area contributed by atoms with Crippen molar-refractivity contribution in [3.63, 3.8) is 0 Å². The molecule has 0 amide bonds. The summed E-state index contributed by atoms with van der Waals surface area (Å²) in [5.74, 6) is 1.92. The Hall–Kier alpha value is -13.6. The number of benzene rings is 12. The fourth-order valence-corrected chi connectivity index (χ4v) is 18.1. The molecule has 3 aromatic heterocycles. The van der Waals surface area contributed by atoms with Gasteiger partial charge in [0.25, 0.3) is 0 Å². The summed E-state index contributed by atoms with van der Waals surface area (Å²) in [5, 5.41) is 10.3.